The molecule has 1 aliphatic heterocycles. The van der Waals surface area contributed by atoms with Crippen LogP contribution >= 0.6 is 0 Å². The average molecular weight is 283 g/mol. The summed E-state index contributed by atoms with van der Waals surface area (Å²) in [6.07, 6.45) is 7.66. The highest BCUT2D eigenvalue weighted by atomic mass is 16.2. The van der Waals surface area contributed by atoms with Crippen LogP contribution in [-0.2, 0) is 10.2 Å². The van der Waals surface area contributed by atoms with Crippen LogP contribution in [0, 0.1) is 0 Å². The zero-order valence-corrected chi connectivity index (χ0v) is 12.8. The number of allylic oxidation sites excluding steroid dienone is 1. The molecule has 2 heterocycles. The van der Waals surface area contributed by atoms with Crippen LogP contribution in [0.15, 0.2) is 18.2 Å². The smallest absolute Gasteiger partial charge is 0.234 e. The molecular formula is C17H21N3O. The molecule has 0 unspecified atom stereocenters. The van der Waals surface area contributed by atoms with Crippen molar-refractivity contribution in [2.24, 2.45) is 0 Å². The predicted octanol–water partition coefficient (Wildman–Crippen LogP) is 4.00. The van der Waals surface area contributed by atoms with E-state index in [0.717, 1.165) is 34.5 Å². The van der Waals surface area contributed by atoms with E-state index in [4.69, 9.17) is 0 Å². The molecule has 4 heteroatoms. The molecule has 21 heavy (non-hydrogen) atoms. The number of rotatable bonds is 4. The number of imidazole rings is 1. The number of carbonyl (C=O) groups excluding carboxylic acids is 1. The summed E-state index contributed by atoms with van der Waals surface area (Å²) in [5.41, 5.74) is 3.30. The number of H-pyrrole nitrogens is 1. The van der Waals surface area contributed by atoms with E-state index in [9.17, 15) is 4.79 Å². The van der Waals surface area contributed by atoms with Crippen LogP contribution in [0.25, 0.3) is 17.1 Å². The Bertz CT molecular complexity index is 725. The van der Waals surface area contributed by atoms with Crippen LogP contribution in [0.2, 0.25) is 0 Å². The van der Waals surface area contributed by atoms with Crippen molar-refractivity contribution in [1.29, 1.82) is 0 Å². The number of fused-ring (bicyclic) bond motifs is 2. The largest absolute Gasteiger partial charge is 0.338 e. The molecule has 1 amide bonds. The number of nitrogens with one attached hydrogen (secondary N) is 2. The minimum atomic E-state index is -0.480. The number of unbranched alkanes of at least 4 members (excludes halogenated alkanes) is 2. The lowest BCUT2D eigenvalue weighted by atomic mass is 9.86. The molecule has 0 aliphatic carbocycles. The molecule has 0 spiro atoms. The lowest BCUT2D eigenvalue weighted by Gasteiger charge is -2.14. The van der Waals surface area contributed by atoms with E-state index in [2.05, 4.69) is 28.3 Å². The Morgan fingerprint density at radius 1 is 1.33 bits per heavy atom. The van der Waals surface area contributed by atoms with Gasteiger partial charge in [-0.1, -0.05) is 25.8 Å². The SMILES string of the molecule is CCCCC=Cc1nc2cc3c(cc2[nH]1)C(C)(C)C(=O)N3. The van der Waals surface area contributed by atoms with Gasteiger partial charge in [0.05, 0.1) is 16.4 Å². The maximum absolute atomic E-state index is 12.0. The summed E-state index contributed by atoms with van der Waals surface area (Å²) in [5.74, 6) is 0.916. The summed E-state index contributed by atoms with van der Waals surface area (Å²) in [4.78, 5) is 19.9. The number of nitrogens with zero attached hydrogens (tertiary/aromatic N) is 1. The van der Waals surface area contributed by atoms with Gasteiger partial charge in [-0.05, 0) is 44.0 Å². The highest BCUT2D eigenvalue weighted by Gasteiger charge is 2.38. The van der Waals surface area contributed by atoms with Crippen LogP contribution in [0.1, 0.15) is 51.4 Å². The first-order chi connectivity index (χ1) is 10.0. The van der Waals surface area contributed by atoms with Gasteiger partial charge in [0.25, 0.3) is 0 Å². The van der Waals surface area contributed by atoms with Gasteiger partial charge in [-0.25, -0.2) is 4.98 Å². The Morgan fingerprint density at radius 2 is 2.14 bits per heavy atom. The normalized spacial score (nSPS) is 16.6. The van der Waals surface area contributed by atoms with E-state index in [1.165, 1.54) is 12.8 Å². The average Bonchev–Trinajstić information content (AvgIpc) is 2.92. The highest BCUT2D eigenvalue weighted by Crippen LogP contribution is 2.39. The Morgan fingerprint density at radius 3 is 2.90 bits per heavy atom. The Hall–Kier alpha value is -2.10. The first-order valence-corrected chi connectivity index (χ1v) is 7.54. The first-order valence-electron chi connectivity index (χ1n) is 7.54. The predicted molar refractivity (Wildman–Crippen MR) is 86.3 cm³/mol. The van der Waals surface area contributed by atoms with Gasteiger partial charge in [-0.3, -0.25) is 4.79 Å². The number of amides is 1. The zero-order chi connectivity index (χ0) is 15.0. The molecule has 3 rings (SSSR count). The molecule has 1 aromatic carbocycles. The monoisotopic (exact) mass is 283 g/mol. The second-order valence-electron chi connectivity index (χ2n) is 6.16. The van der Waals surface area contributed by atoms with E-state index in [0.29, 0.717) is 0 Å². The number of hydrogen-bond donors (Lipinski definition) is 2. The number of aromatic amines is 1. The number of carbonyl (C=O) groups is 1. The summed E-state index contributed by atoms with van der Waals surface area (Å²) in [6.45, 7) is 6.08. The van der Waals surface area contributed by atoms with E-state index < -0.39 is 5.41 Å². The molecule has 0 bridgehead atoms. The summed E-state index contributed by atoms with van der Waals surface area (Å²) in [5, 5.41) is 2.94. The molecule has 4 nitrogen and oxygen atoms in total. The van der Waals surface area contributed by atoms with Crippen LogP contribution in [0.4, 0.5) is 5.69 Å². The summed E-state index contributed by atoms with van der Waals surface area (Å²) in [6, 6.07) is 4.00. The molecule has 0 saturated heterocycles. The number of hydrogen-bond acceptors (Lipinski definition) is 2. The summed E-state index contributed by atoms with van der Waals surface area (Å²) in [7, 11) is 0. The fourth-order valence-corrected chi connectivity index (χ4v) is 2.69. The minimum Gasteiger partial charge on any atom is -0.338 e. The van der Waals surface area contributed by atoms with Gasteiger partial charge in [0, 0.05) is 5.69 Å². The topological polar surface area (TPSA) is 57.8 Å². The fraction of sp³-hybridized carbons (Fsp3) is 0.412. The van der Waals surface area contributed by atoms with Gasteiger partial charge < -0.3 is 10.3 Å². The zero-order valence-electron chi connectivity index (χ0n) is 12.8. The molecule has 1 aromatic heterocycles. The van der Waals surface area contributed by atoms with Crippen LogP contribution < -0.4 is 5.32 Å². The van der Waals surface area contributed by atoms with Gasteiger partial charge in [0.2, 0.25) is 5.91 Å². The molecule has 110 valence electrons. The van der Waals surface area contributed by atoms with E-state index >= 15 is 0 Å². The van der Waals surface area contributed by atoms with Crippen molar-refractivity contribution in [3.63, 3.8) is 0 Å². The Balaban J connectivity index is 1.94. The van der Waals surface area contributed by atoms with Crippen molar-refractivity contribution in [3.05, 3.63) is 29.6 Å². The second-order valence-corrected chi connectivity index (χ2v) is 6.16. The third-order valence-electron chi connectivity index (χ3n) is 4.13. The van der Waals surface area contributed by atoms with Crippen molar-refractivity contribution in [3.8, 4) is 0 Å². The van der Waals surface area contributed by atoms with E-state index in [1.54, 1.807) is 0 Å². The van der Waals surface area contributed by atoms with Crippen LogP contribution in [0.3, 0.4) is 0 Å². The molecule has 2 aromatic rings. The van der Waals surface area contributed by atoms with Crippen molar-refractivity contribution < 1.29 is 4.79 Å². The fourth-order valence-electron chi connectivity index (χ4n) is 2.69. The third kappa shape index (κ3) is 2.35. The number of anilines is 1. The van der Waals surface area contributed by atoms with Crippen molar-refractivity contribution in [2.75, 3.05) is 5.32 Å². The summed E-state index contributed by atoms with van der Waals surface area (Å²) >= 11 is 0. The van der Waals surface area contributed by atoms with Crippen molar-refractivity contribution in [1.82, 2.24) is 9.97 Å². The molecule has 2 N–H and O–H groups in total. The quantitative estimate of drug-likeness (QED) is 0.833. The second kappa shape index (κ2) is 5.02. The van der Waals surface area contributed by atoms with Gasteiger partial charge in [0.15, 0.2) is 0 Å². The van der Waals surface area contributed by atoms with Crippen molar-refractivity contribution in [2.45, 2.75) is 45.4 Å². The molecule has 0 fully saturated rings. The van der Waals surface area contributed by atoms with Crippen LogP contribution in [0.5, 0.6) is 0 Å². The molecule has 0 atom stereocenters. The van der Waals surface area contributed by atoms with Gasteiger partial charge in [-0.2, -0.15) is 0 Å². The Labute approximate surface area is 124 Å². The van der Waals surface area contributed by atoms with Gasteiger partial charge in [-0.15, -0.1) is 0 Å². The molecule has 1 aliphatic rings. The Kier molecular flexibility index (Phi) is 3.32. The number of benzene rings is 1. The molecular weight excluding hydrogens is 262 g/mol. The standard InChI is InChI=1S/C17H21N3O/c1-4-5-6-7-8-15-18-13-9-11-12(10-14(13)19-15)20-16(21)17(11,2)3/h7-10H,4-6H2,1-3H3,(H,18,19)(H,20,21). The summed E-state index contributed by atoms with van der Waals surface area (Å²) < 4.78 is 0. The van der Waals surface area contributed by atoms with E-state index in [1.807, 2.05) is 32.1 Å². The molecule has 0 radical (unpaired) electrons. The van der Waals surface area contributed by atoms with Gasteiger partial charge >= 0.3 is 0 Å². The van der Waals surface area contributed by atoms with Crippen molar-refractivity contribution >= 4 is 28.7 Å². The minimum absolute atomic E-state index is 0.0461. The maximum Gasteiger partial charge on any atom is 0.234 e. The maximum atomic E-state index is 12.0. The first kappa shape index (κ1) is 13.9. The number of aromatic nitrogens is 2. The van der Waals surface area contributed by atoms with Crippen LogP contribution in [-0.4, -0.2) is 15.9 Å². The van der Waals surface area contributed by atoms with Gasteiger partial charge in [0.1, 0.15) is 5.82 Å². The third-order valence-corrected chi connectivity index (χ3v) is 4.13. The lowest BCUT2D eigenvalue weighted by Crippen LogP contribution is -2.26. The lowest BCUT2D eigenvalue weighted by molar-refractivity contribution is -0.119. The van der Waals surface area contributed by atoms with E-state index in [-0.39, 0.29) is 5.91 Å². The molecule has 0 saturated carbocycles. The highest BCUT2D eigenvalue weighted by molar-refractivity contribution is 6.07.